The third-order valence-corrected chi connectivity index (χ3v) is 5.13. The number of alkyl halides is 3. The molecule has 2 aromatic rings. The third kappa shape index (κ3) is 4.81. The van der Waals surface area contributed by atoms with Crippen LogP contribution in [0.15, 0.2) is 60.7 Å². The van der Waals surface area contributed by atoms with Gasteiger partial charge in [-0.05, 0) is 24.2 Å². The Labute approximate surface area is 173 Å². The van der Waals surface area contributed by atoms with Crippen molar-refractivity contribution in [3.8, 4) is 0 Å². The van der Waals surface area contributed by atoms with Crippen LogP contribution in [-0.2, 0) is 19.7 Å². The van der Waals surface area contributed by atoms with Crippen LogP contribution in [0.1, 0.15) is 25.0 Å². The molecule has 5 nitrogen and oxygen atoms in total. The Hall–Kier alpha value is -2.87. The average molecular weight is 422 g/mol. The van der Waals surface area contributed by atoms with E-state index in [1.165, 1.54) is 0 Å². The number of halogens is 3. The van der Waals surface area contributed by atoms with Crippen molar-refractivity contribution in [3.05, 3.63) is 71.8 Å². The molecule has 0 saturated carbocycles. The number of carbonyl (C=O) groups is 2. The van der Waals surface area contributed by atoms with Gasteiger partial charge in [0.25, 0.3) is 0 Å². The van der Waals surface area contributed by atoms with Gasteiger partial charge in [0.2, 0.25) is 5.91 Å². The zero-order valence-electron chi connectivity index (χ0n) is 16.9. The molecule has 2 rings (SSSR count). The molecule has 30 heavy (non-hydrogen) atoms. The first kappa shape index (κ1) is 23.4. The summed E-state index contributed by atoms with van der Waals surface area (Å²) in [6, 6.07) is 16.4. The standard InChI is InChI=1S/C22H25F3N2O3/c1-3-27(4-2)15-18(30-20(29)22(23,24)25)21(19(26)28,16-11-7-5-8-12-16)17-13-9-6-10-14-17/h5-14,18H,3-4,15H2,1-2H3,(H2,26,28). The molecule has 0 radical (unpaired) electrons. The maximum Gasteiger partial charge on any atom is 0.490 e. The van der Waals surface area contributed by atoms with Crippen LogP contribution >= 0.6 is 0 Å². The van der Waals surface area contributed by atoms with E-state index in [0.29, 0.717) is 24.2 Å². The van der Waals surface area contributed by atoms with Crippen LogP contribution in [0, 0.1) is 0 Å². The summed E-state index contributed by atoms with van der Waals surface area (Å²) in [5, 5.41) is 0. The quantitative estimate of drug-likeness (QED) is 0.630. The highest BCUT2D eigenvalue weighted by Crippen LogP contribution is 2.38. The number of nitrogens with zero attached hydrogens (tertiary/aromatic N) is 1. The van der Waals surface area contributed by atoms with Gasteiger partial charge in [0.1, 0.15) is 11.5 Å². The lowest BCUT2D eigenvalue weighted by Gasteiger charge is -2.40. The van der Waals surface area contributed by atoms with Crippen molar-refractivity contribution in [2.75, 3.05) is 19.6 Å². The summed E-state index contributed by atoms with van der Waals surface area (Å²) in [5.74, 6) is -3.27. The fourth-order valence-corrected chi connectivity index (χ4v) is 3.56. The van der Waals surface area contributed by atoms with Crippen molar-refractivity contribution in [1.29, 1.82) is 0 Å². The normalized spacial score (nSPS) is 13.1. The fourth-order valence-electron chi connectivity index (χ4n) is 3.56. The molecule has 2 aromatic carbocycles. The van der Waals surface area contributed by atoms with Crippen molar-refractivity contribution < 1.29 is 27.5 Å². The van der Waals surface area contributed by atoms with Gasteiger partial charge < -0.3 is 15.4 Å². The van der Waals surface area contributed by atoms with Crippen LogP contribution < -0.4 is 5.73 Å². The summed E-state index contributed by atoms with van der Waals surface area (Å²) < 4.78 is 44.3. The second kappa shape index (κ2) is 9.75. The molecule has 8 heteroatoms. The number of primary amides is 1. The third-order valence-electron chi connectivity index (χ3n) is 5.13. The minimum absolute atomic E-state index is 0.110. The topological polar surface area (TPSA) is 72.6 Å². The summed E-state index contributed by atoms with van der Waals surface area (Å²) >= 11 is 0. The van der Waals surface area contributed by atoms with Crippen LogP contribution in [0.4, 0.5) is 13.2 Å². The van der Waals surface area contributed by atoms with Gasteiger partial charge in [0.15, 0.2) is 0 Å². The molecule has 1 unspecified atom stereocenters. The van der Waals surface area contributed by atoms with Gasteiger partial charge in [0, 0.05) is 6.54 Å². The van der Waals surface area contributed by atoms with Crippen LogP contribution in [-0.4, -0.2) is 48.7 Å². The predicted molar refractivity (Wildman–Crippen MR) is 107 cm³/mol. The first-order valence-corrected chi connectivity index (χ1v) is 9.58. The van der Waals surface area contributed by atoms with Crippen LogP contribution in [0.2, 0.25) is 0 Å². The van der Waals surface area contributed by atoms with Gasteiger partial charge >= 0.3 is 12.1 Å². The minimum atomic E-state index is -5.21. The van der Waals surface area contributed by atoms with Crippen molar-refractivity contribution in [1.82, 2.24) is 4.90 Å². The predicted octanol–water partition coefficient (Wildman–Crippen LogP) is 3.27. The monoisotopic (exact) mass is 422 g/mol. The molecule has 0 aliphatic heterocycles. The van der Waals surface area contributed by atoms with Gasteiger partial charge in [-0.15, -0.1) is 0 Å². The number of hydrogen-bond acceptors (Lipinski definition) is 4. The Morgan fingerprint density at radius 3 is 1.70 bits per heavy atom. The largest absolute Gasteiger partial charge is 0.490 e. The van der Waals surface area contributed by atoms with Crippen LogP contribution in [0.3, 0.4) is 0 Å². The number of likely N-dealkylation sites (N-methyl/N-ethyl adjacent to an activating group) is 1. The zero-order valence-corrected chi connectivity index (χ0v) is 16.9. The van der Waals surface area contributed by atoms with E-state index in [2.05, 4.69) is 0 Å². The SMILES string of the molecule is CCN(CC)CC(OC(=O)C(F)(F)F)C(C(N)=O)(c1ccccc1)c1ccccc1. The molecule has 162 valence electrons. The highest BCUT2D eigenvalue weighted by atomic mass is 19.4. The summed E-state index contributed by atoms with van der Waals surface area (Å²) in [7, 11) is 0. The lowest BCUT2D eigenvalue weighted by Crippen LogP contribution is -2.57. The van der Waals surface area contributed by atoms with Crippen molar-refractivity contribution in [3.63, 3.8) is 0 Å². The second-order valence-corrected chi connectivity index (χ2v) is 6.78. The molecule has 0 aromatic heterocycles. The Kier molecular flexibility index (Phi) is 7.61. The van der Waals surface area contributed by atoms with Crippen LogP contribution in [0.5, 0.6) is 0 Å². The minimum Gasteiger partial charge on any atom is -0.452 e. The summed E-state index contributed by atoms with van der Waals surface area (Å²) in [5.41, 5.74) is 4.72. The van der Waals surface area contributed by atoms with Crippen molar-refractivity contribution >= 4 is 11.9 Å². The number of esters is 1. The van der Waals surface area contributed by atoms with E-state index in [9.17, 15) is 22.8 Å². The number of amides is 1. The fraction of sp³-hybridized carbons (Fsp3) is 0.364. The molecule has 0 saturated heterocycles. The molecule has 0 spiro atoms. The summed E-state index contributed by atoms with van der Waals surface area (Å²) in [4.78, 5) is 26.6. The number of hydrogen-bond donors (Lipinski definition) is 1. The zero-order chi connectivity index (χ0) is 22.4. The summed E-state index contributed by atoms with van der Waals surface area (Å²) in [6.07, 6.45) is -6.72. The Balaban J connectivity index is 2.76. The molecular weight excluding hydrogens is 397 g/mol. The molecule has 0 aliphatic carbocycles. The second-order valence-electron chi connectivity index (χ2n) is 6.78. The number of carbonyl (C=O) groups excluding carboxylic acids is 2. The number of benzene rings is 2. The Bertz CT molecular complexity index is 798. The smallest absolute Gasteiger partial charge is 0.452 e. The Morgan fingerprint density at radius 2 is 1.37 bits per heavy atom. The molecule has 0 fully saturated rings. The van der Waals surface area contributed by atoms with E-state index in [1.54, 1.807) is 65.6 Å². The highest BCUT2D eigenvalue weighted by molar-refractivity contribution is 5.92. The van der Waals surface area contributed by atoms with E-state index in [-0.39, 0.29) is 6.54 Å². The maximum atomic E-state index is 13.1. The van der Waals surface area contributed by atoms with E-state index in [0.717, 1.165) is 0 Å². The van der Waals surface area contributed by atoms with E-state index < -0.39 is 29.6 Å². The molecule has 1 amide bonds. The van der Waals surface area contributed by atoms with Crippen molar-refractivity contribution in [2.45, 2.75) is 31.5 Å². The van der Waals surface area contributed by atoms with Gasteiger partial charge in [0.05, 0.1) is 0 Å². The molecular formula is C22H25F3N2O3. The number of rotatable bonds is 9. The molecule has 2 N–H and O–H groups in total. The molecule has 0 heterocycles. The van der Waals surface area contributed by atoms with Gasteiger partial charge in [-0.25, -0.2) is 4.79 Å². The van der Waals surface area contributed by atoms with Crippen molar-refractivity contribution in [2.24, 2.45) is 5.73 Å². The first-order chi connectivity index (χ1) is 14.2. The van der Waals surface area contributed by atoms with Gasteiger partial charge in [-0.3, -0.25) is 4.79 Å². The lowest BCUT2D eigenvalue weighted by molar-refractivity contribution is -0.208. The highest BCUT2D eigenvalue weighted by Gasteiger charge is 2.53. The molecule has 0 bridgehead atoms. The van der Waals surface area contributed by atoms with E-state index in [4.69, 9.17) is 10.5 Å². The lowest BCUT2D eigenvalue weighted by atomic mass is 9.69. The summed E-state index contributed by atoms with van der Waals surface area (Å²) in [6.45, 7) is 4.50. The van der Waals surface area contributed by atoms with Gasteiger partial charge in [-0.1, -0.05) is 74.5 Å². The maximum absolute atomic E-state index is 13.1. The number of ether oxygens (including phenoxy) is 1. The number of nitrogens with two attached hydrogens (primary N) is 1. The van der Waals surface area contributed by atoms with Gasteiger partial charge in [-0.2, -0.15) is 13.2 Å². The van der Waals surface area contributed by atoms with Crippen LogP contribution in [0.25, 0.3) is 0 Å². The van der Waals surface area contributed by atoms with E-state index in [1.807, 2.05) is 13.8 Å². The average Bonchev–Trinajstić information content (AvgIpc) is 2.72. The van der Waals surface area contributed by atoms with E-state index >= 15 is 0 Å². The molecule has 0 aliphatic rings. The first-order valence-electron chi connectivity index (χ1n) is 9.58. The Morgan fingerprint density at radius 1 is 0.933 bits per heavy atom. The molecule has 1 atom stereocenters.